The monoisotopic (exact) mass is 389 g/mol. The Hall–Kier alpha value is -2.91. The van der Waals surface area contributed by atoms with Crippen molar-refractivity contribution in [1.29, 1.82) is 0 Å². The van der Waals surface area contributed by atoms with Gasteiger partial charge in [-0.1, -0.05) is 22.9 Å². The van der Waals surface area contributed by atoms with Gasteiger partial charge in [-0.05, 0) is 31.2 Å². The SMILES string of the molecule is COc1ccc(-c2noc(CNS(=O)(=O)c3ccc(C)cc3)n2)c(OC)c1. The highest BCUT2D eigenvalue weighted by molar-refractivity contribution is 7.89. The summed E-state index contributed by atoms with van der Waals surface area (Å²) in [6, 6.07) is 11.7. The van der Waals surface area contributed by atoms with E-state index in [1.54, 1.807) is 49.6 Å². The minimum Gasteiger partial charge on any atom is -0.497 e. The van der Waals surface area contributed by atoms with Gasteiger partial charge in [-0.25, -0.2) is 13.1 Å². The van der Waals surface area contributed by atoms with Crippen LogP contribution in [0.5, 0.6) is 11.5 Å². The maximum Gasteiger partial charge on any atom is 0.242 e. The molecule has 0 spiro atoms. The summed E-state index contributed by atoms with van der Waals surface area (Å²) in [5, 5.41) is 3.89. The number of rotatable bonds is 7. The number of nitrogens with one attached hydrogen (secondary N) is 1. The standard InChI is InChI=1S/C18H19N3O5S/c1-12-4-7-14(8-5-12)27(22,23)19-11-17-20-18(21-26-17)15-9-6-13(24-2)10-16(15)25-3/h4-10,19H,11H2,1-3H3. The summed E-state index contributed by atoms with van der Waals surface area (Å²) >= 11 is 0. The molecule has 142 valence electrons. The zero-order valence-corrected chi connectivity index (χ0v) is 15.9. The minimum absolute atomic E-state index is 0.123. The van der Waals surface area contributed by atoms with Gasteiger partial charge in [0.2, 0.25) is 21.7 Å². The van der Waals surface area contributed by atoms with Gasteiger partial charge in [-0.3, -0.25) is 0 Å². The Bertz CT molecular complexity index is 1030. The highest BCUT2D eigenvalue weighted by Gasteiger charge is 2.18. The van der Waals surface area contributed by atoms with Crippen molar-refractivity contribution < 1.29 is 22.4 Å². The lowest BCUT2D eigenvalue weighted by Crippen LogP contribution is -2.23. The van der Waals surface area contributed by atoms with E-state index in [4.69, 9.17) is 14.0 Å². The molecule has 3 aromatic rings. The lowest BCUT2D eigenvalue weighted by atomic mass is 10.2. The second kappa shape index (κ2) is 7.77. The number of sulfonamides is 1. The Labute approximate surface area is 157 Å². The summed E-state index contributed by atoms with van der Waals surface area (Å²) in [5.74, 6) is 1.57. The van der Waals surface area contributed by atoms with Crippen molar-refractivity contribution in [3.8, 4) is 22.9 Å². The fraction of sp³-hybridized carbons (Fsp3) is 0.222. The van der Waals surface area contributed by atoms with Crippen molar-refractivity contribution in [2.24, 2.45) is 0 Å². The van der Waals surface area contributed by atoms with Crippen LogP contribution < -0.4 is 14.2 Å². The Kier molecular flexibility index (Phi) is 5.43. The topological polar surface area (TPSA) is 104 Å². The van der Waals surface area contributed by atoms with Crippen LogP contribution in [0.25, 0.3) is 11.4 Å². The molecule has 9 heteroatoms. The van der Waals surface area contributed by atoms with Crippen LogP contribution in [0.2, 0.25) is 0 Å². The smallest absolute Gasteiger partial charge is 0.242 e. The fourth-order valence-corrected chi connectivity index (χ4v) is 3.35. The fourth-order valence-electron chi connectivity index (χ4n) is 2.38. The van der Waals surface area contributed by atoms with Crippen molar-refractivity contribution in [3.63, 3.8) is 0 Å². The molecule has 0 radical (unpaired) electrons. The van der Waals surface area contributed by atoms with Crippen molar-refractivity contribution in [2.75, 3.05) is 14.2 Å². The van der Waals surface area contributed by atoms with E-state index in [0.29, 0.717) is 22.9 Å². The number of hydrogen-bond donors (Lipinski definition) is 1. The molecule has 1 heterocycles. The van der Waals surface area contributed by atoms with E-state index < -0.39 is 10.0 Å². The van der Waals surface area contributed by atoms with Crippen LogP contribution in [-0.4, -0.2) is 32.8 Å². The van der Waals surface area contributed by atoms with Gasteiger partial charge in [0.1, 0.15) is 11.5 Å². The third-order valence-corrected chi connectivity index (χ3v) is 5.28. The van der Waals surface area contributed by atoms with Crippen LogP contribution in [-0.2, 0) is 16.6 Å². The van der Waals surface area contributed by atoms with Gasteiger partial charge in [-0.15, -0.1) is 0 Å². The molecular weight excluding hydrogens is 370 g/mol. The van der Waals surface area contributed by atoms with Crippen LogP contribution in [0.1, 0.15) is 11.5 Å². The summed E-state index contributed by atoms with van der Waals surface area (Å²) in [6.45, 7) is 1.76. The van der Waals surface area contributed by atoms with E-state index in [1.165, 1.54) is 7.11 Å². The van der Waals surface area contributed by atoms with Gasteiger partial charge in [0.25, 0.3) is 0 Å². The highest BCUT2D eigenvalue weighted by Crippen LogP contribution is 2.31. The summed E-state index contributed by atoms with van der Waals surface area (Å²) in [6.07, 6.45) is 0. The van der Waals surface area contributed by atoms with E-state index in [9.17, 15) is 8.42 Å². The van der Waals surface area contributed by atoms with Gasteiger partial charge in [0.15, 0.2) is 0 Å². The van der Waals surface area contributed by atoms with E-state index in [1.807, 2.05) is 6.92 Å². The first kappa shape index (κ1) is 18.9. The zero-order valence-electron chi connectivity index (χ0n) is 15.1. The van der Waals surface area contributed by atoms with Gasteiger partial charge in [0, 0.05) is 6.07 Å². The predicted molar refractivity (Wildman–Crippen MR) is 98.0 cm³/mol. The Morgan fingerprint density at radius 3 is 2.48 bits per heavy atom. The lowest BCUT2D eigenvalue weighted by Gasteiger charge is -2.07. The normalized spacial score (nSPS) is 11.4. The molecule has 2 aromatic carbocycles. The van der Waals surface area contributed by atoms with Crippen LogP contribution in [0, 0.1) is 6.92 Å². The van der Waals surface area contributed by atoms with Crippen molar-refractivity contribution in [3.05, 3.63) is 53.9 Å². The molecule has 1 aromatic heterocycles. The molecule has 0 atom stereocenters. The Morgan fingerprint density at radius 2 is 1.81 bits per heavy atom. The predicted octanol–water partition coefficient (Wildman–Crippen LogP) is 2.54. The van der Waals surface area contributed by atoms with Gasteiger partial charge >= 0.3 is 0 Å². The molecular formula is C18H19N3O5S. The average Bonchev–Trinajstić information content (AvgIpc) is 3.15. The molecule has 0 amide bonds. The summed E-state index contributed by atoms with van der Waals surface area (Å²) in [4.78, 5) is 4.40. The summed E-state index contributed by atoms with van der Waals surface area (Å²) in [7, 11) is -0.592. The van der Waals surface area contributed by atoms with Gasteiger partial charge in [-0.2, -0.15) is 4.98 Å². The number of benzene rings is 2. The average molecular weight is 389 g/mol. The molecule has 1 N–H and O–H groups in total. The lowest BCUT2D eigenvalue weighted by molar-refractivity contribution is 0.375. The molecule has 0 aliphatic heterocycles. The first-order valence-corrected chi connectivity index (χ1v) is 9.52. The van der Waals surface area contributed by atoms with Crippen molar-refractivity contribution in [1.82, 2.24) is 14.9 Å². The number of methoxy groups -OCH3 is 2. The zero-order chi connectivity index (χ0) is 19.4. The van der Waals surface area contributed by atoms with E-state index in [-0.39, 0.29) is 17.3 Å². The molecule has 0 bridgehead atoms. The first-order valence-electron chi connectivity index (χ1n) is 8.04. The van der Waals surface area contributed by atoms with Gasteiger partial charge in [0.05, 0.1) is 31.2 Å². The van der Waals surface area contributed by atoms with Crippen molar-refractivity contribution >= 4 is 10.0 Å². The molecule has 0 aliphatic rings. The first-order chi connectivity index (χ1) is 12.9. The Balaban J connectivity index is 1.76. The van der Waals surface area contributed by atoms with Gasteiger partial charge < -0.3 is 14.0 Å². The number of hydrogen-bond acceptors (Lipinski definition) is 7. The molecule has 0 aliphatic carbocycles. The van der Waals surface area contributed by atoms with E-state index >= 15 is 0 Å². The van der Waals surface area contributed by atoms with E-state index in [2.05, 4.69) is 14.9 Å². The second-order valence-electron chi connectivity index (χ2n) is 5.72. The number of aromatic nitrogens is 2. The molecule has 3 rings (SSSR count). The van der Waals surface area contributed by atoms with Crippen molar-refractivity contribution in [2.45, 2.75) is 18.4 Å². The number of aryl methyl sites for hydroxylation is 1. The molecule has 0 unspecified atom stereocenters. The Morgan fingerprint density at radius 1 is 1.07 bits per heavy atom. The number of ether oxygens (including phenoxy) is 2. The molecule has 27 heavy (non-hydrogen) atoms. The maximum absolute atomic E-state index is 12.3. The van der Waals surface area contributed by atoms with Crippen LogP contribution in [0.15, 0.2) is 51.9 Å². The molecule has 0 saturated heterocycles. The van der Waals surface area contributed by atoms with Crippen LogP contribution in [0.3, 0.4) is 0 Å². The number of nitrogens with zero attached hydrogens (tertiary/aromatic N) is 2. The quantitative estimate of drug-likeness (QED) is 0.662. The highest BCUT2D eigenvalue weighted by atomic mass is 32.2. The second-order valence-corrected chi connectivity index (χ2v) is 7.48. The largest absolute Gasteiger partial charge is 0.497 e. The summed E-state index contributed by atoms with van der Waals surface area (Å²) in [5.41, 5.74) is 1.58. The van der Waals surface area contributed by atoms with E-state index in [0.717, 1.165) is 5.56 Å². The minimum atomic E-state index is -3.67. The maximum atomic E-state index is 12.3. The van der Waals surface area contributed by atoms with Crippen LogP contribution >= 0.6 is 0 Å². The molecule has 8 nitrogen and oxygen atoms in total. The summed E-state index contributed by atoms with van der Waals surface area (Å²) < 4.78 is 42.7. The molecule has 0 fully saturated rings. The third-order valence-electron chi connectivity index (χ3n) is 3.86. The third kappa shape index (κ3) is 4.26. The molecule has 0 saturated carbocycles. The van der Waals surface area contributed by atoms with Crippen LogP contribution in [0.4, 0.5) is 0 Å².